The summed E-state index contributed by atoms with van der Waals surface area (Å²) in [5.41, 5.74) is 0. The van der Waals surface area contributed by atoms with E-state index >= 15 is 0 Å². The Labute approximate surface area is 456 Å². The van der Waals surface area contributed by atoms with Gasteiger partial charge in [0.25, 0.3) is 0 Å². The summed E-state index contributed by atoms with van der Waals surface area (Å²) in [6, 6.07) is -0.546. The maximum absolute atomic E-state index is 12.5. The molecule has 0 radical (unpaired) electrons. The number of carbonyl (C=O) groups excluding carboxylic acids is 2. The van der Waals surface area contributed by atoms with Gasteiger partial charge in [0.05, 0.1) is 25.4 Å². The number of allylic oxidation sites excluding steroid dienone is 4. The van der Waals surface area contributed by atoms with Crippen LogP contribution in [-0.4, -0.2) is 47.4 Å². The summed E-state index contributed by atoms with van der Waals surface area (Å²) < 4.78 is 5.50. The van der Waals surface area contributed by atoms with E-state index in [1.54, 1.807) is 0 Å². The molecule has 0 heterocycles. The molecule has 0 rings (SSSR count). The van der Waals surface area contributed by atoms with Crippen LogP contribution in [-0.2, 0) is 14.3 Å². The minimum absolute atomic E-state index is 0.0102. The van der Waals surface area contributed by atoms with Gasteiger partial charge in [0.1, 0.15) is 0 Å². The Morgan fingerprint density at radius 3 is 0.973 bits per heavy atom. The van der Waals surface area contributed by atoms with Gasteiger partial charge in [0.2, 0.25) is 5.91 Å². The van der Waals surface area contributed by atoms with Crippen LogP contribution < -0.4 is 5.32 Å². The standard InChI is InChI=1S/C67H129NO5/c1-3-5-7-9-11-13-15-17-19-20-25-29-33-37-41-45-49-53-57-61-67(72)73-62-58-54-50-46-42-38-34-30-27-24-22-21-23-26-28-32-36-40-44-48-52-56-60-66(71)68-64(63-69)65(70)59-55-51-47-43-39-35-31-18-16-14-12-10-8-6-4-2/h17,19,23,26,64-65,69-70H,3-16,18,20-22,24-25,27-63H2,1-2H3,(H,68,71)/b19-17-,26-23-. The van der Waals surface area contributed by atoms with Crippen LogP contribution in [0.15, 0.2) is 24.3 Å². The molecule has 0 bridgehead atoms. The van der Waals surface area contributed by atoms with Crippen molar-refractivity contribution in [3.8, 4) is 0 Å². The van der Waals surface area contributed by atoms with Crippen molar-refractivity contribution in [1.82, 2.24) is 5.32 Å². The Hall–Kier alpha value is -1.66. The van der Waals surface area contributed by atoms with Crippen LogP contribution >= 0.6 is 0 Å². The summed E-state index contributed by atoms with van der Waals surface area (Å²) in [5, 5.41) is 23.3. The van der Waals surface area contributed by atoms with E-state index in [1.165, 1.54) is 289 Å². The largest absolute Gasteiger partial charge is 0.466 e. The molecule has 73 heavy (non-hydrogen) atoms. The lowest BCUT2D eigenvalue weighted by molar-refractivity contribution is -0.143. The van der Waals surface area contributed by atoms with Crippen LogP contribution in [0.2, 0.25) is 0 Å². The molecule has 0 aromatic heterocycles. The van der Waals surface area contributed by atoms with E-state index in [0.29, 0.717) is 25.9 Å². The van der Waals surface area contributed by atoms with Gasteiger partial charge < -0.3 is 20.3 Å². The first-order valence-electron chi connectivity index (χ1n) is 33.1. The third-order valence-corrected chi connectivity index (χ3v) is 15.5. The fourth-order valence-electron chi connectivity index (χ4n) is 10.4. The van der Waals surface area contributed by atoms with E-state index in [1.807, 2.05) is 0 Å². The van der Waals surface area contributed by atoms with E-state index in [4.69, 9.17) is 4.74 Å². The molecule has 2 unspecified atom stereocenters. The number of unbranched alkanes of at least 4 members (excludes halogenated alkanes) is 47. The average molecular weight is 1030 g/mol. The SMILES string of the molecule is CCCCCCCC/C=C\CCCCCCCCCCCC(=O)OCCCCCCCCCCCCC/C=C\CCCCCCCCCC(=O)NC(CO)C(O)CCCCCCCCCCCCCCCCC. The van der Waals surface area contributed by atoms with Crippen molar-refractivity contribution < 1.29 is 24.5 Å². The van der Waals surface area contributed by atoms with Gasteiger partial charge in [-0.1, -0.05) is 301 Å². The van der Waals surface area contributed by atoms with Crippen LogP contribution in [0.5, 0.6) is 0 Å². The molecule has 0 spiro atoms. The zero-order chi connectivity index (χ0) is 52.9. The number of ether oxygens (including phenoxy) is 1. The third kappa shape index (κ3) is 59.4. The van der Waals surface area contributed by atoms with E-state index in [-0.39, 0.29) is 18.5 Å². The van der Waals surface area contributed by atoms with Crippen molar-refractivity contribution >= 4 is 11.9 Å². The number of rotatable bonds is 62. The van der Waals surface area contributed by atoms with Crippen molar-refractivity contribution in [2.75, 3.05) is 13.2 Å². The Morgan fingerprint density at radius 2 is 0.644 bits per heavy atom. The number of aliphatic hydroxyl groups excluding tert-OH is 2. The lowest BCUT2D eigenvalue weighted by Gasteiger charge is -2.22. The molecule has 0 aromatic rings. The van der Waals surface area contributed by atoms with Crippen molar-refractivity contribution in [3.05, 3.63) is 24.3 Å². The number of aliphatic hydroxyl groups is 2. The van der Waals surface area contributed by atoms with Gasteiger partial charge in [-0.05, 0) is 77.0 Å². The van der Waals surface area contributed by atoms with E-state index < -0.39 is 12.1 Å². The Balaban J connectivity index is 3.39. The summed E-state index contributed by atoms with van der Waals surface area (Å²) in [4.78, 5) is 24.6. The minimum Gasteiger partial charge on any atom is -0.466 e. The third-order valence-electron chi connectivity index (χ3n) is 15.5. The fraction of sp³-hybridized carbons (Fsp3) is 0.910. The molecule has 6 nitrogen and oxygen atoms in total. The van der Waals surface area contributed by atoms with Crippen LogP contribution in [0.1, 0.15) is 367 Å². The second-order valence-corrected chi connectivity index (χ2v) is 22.8. The molecule has 0 aliphatic heterocycles. The van der Waals surface area contributed by atoms with Crippen LogP contribution in [0.4, 0.5) is 0 Å². The topological polar surface area (TPSA) is 95.9 Å². The number of hydrogen-bond acceptors (Lipinski definition) is 5. The highest BCUT2D eigenvalue weighted by Gasteiger charge is 2.20. The first-order chi connectivity index (χ1) is 36.0. The number of amides is 1. The molecular weight excluding hydrogens is 899 g/mol. The first kappa shape index (κ1) is 71.3. The Bertz CT molecular complexity index is 1140. The second-order valence-electron chi connectivity index (χ2n) is 22.8. The maximum Gasteiger partial charge on any atom is 0.305 e. The number of hydrogen-bond donors (Lipinski definition) is 3. The smallest absolute Gasteiger partial charge is 0.305 e. The molecule has 0 saturated heterocycles. The highest BCUT2D eigenvalue weighted by Crippen LogP contribution is 2.18. The maximum atomic E-state index is 12.5. The predicted octanol–water partition coefficient (Wildman–Crippen LogP) is 21.0. The van der Waals surface area contributed by atoms with Crippen LogP contribution in [0.3, 0.4) is 0 Å². The van der Waals surface area contributed by atoms with Gasteiger partial charge in [-0.3, -0.25) is 9.59 Å². The number of nitrogens with one attached hydrogen (secondary N) is 1. The van der Waals surface area contributed by atoms with Crippen LogP contribution in [0, 0.1) is 0 Å². The van der Waals surface area contributed by atoms with Gasteiger partial charge in [-0.25, -0.2) is 0 Å². The molecule has 0 saturated carbocycles. The van der Waals surface area contributed by atoms with Gasteiger partial charge in [0.15, 0.2) is 0 Å². The molecule has 432 valence electrons. The van der Waals surface area contributed by atoms with Crippen molar-refractivity contribution in [2.45, 2.75) is 379 Å². The van der Waals surface area contributed by atoms with Crippen molar-refractivity contribution in [3.63, 3.8) is 0 Å². The molecule has 1 amide bonds. The monoisotopic (exact) mass is 1030 g/mol. The van der Waals surface area contributed by atoms with Gasteiger partial charge >= 0.3 is 5.97 Å². The zero-order valence-corrected chi connectivity index (χ0v) is 49.4. The highest BCUT2D eigenvalue weighted by atomic mass is 16.5. The quantitative estimate of drug-likeness (QED) is 0.0320. The number of esters is 1. The lowest BCUT2D eigenvalue weighted by atomic mass is 10.0. The number of carbonyl (C=O) groups is 2. The molecule has 0 fully saturated rings. The summed E-state index contributed by atoms with van der Waals surface area (Å²) in [6.07, 6.45) is 77.7. The van der Waals surface area contributed by atoms with Crippen molar-refractivity contribution in [1.29, 1.82) is 0 Å². The van der Waals surface area contributed by atoms with Gasteiger partial charge in [0, 0.05) is 12.8 Å². The summed E-state index contributed by atoms with van der Waals surface area (Å²) in [5.74, 6) is -0.0296. The summed E-state index contributed by atoms with van der Waals surface area (Å²) in [6.45, 7) is 4.97. The van der Waals surface area contributed by atoms with Crippen LogP contribution in [0.25, 0.3) is 0 Å². The van der Waals surface area contributed by atoms with Crippen molar-refractivity contribution in [2.24, 2.45) is 0 Å². The Kier molecular flexibility index (Phi) is 61.4. The average Bonchev–Trinajstić information content (AvgIpc) is 3.39. The molecule has 0 aliphatic rings. The first-order valence-corrected chi connectivity index (χ1v) is 33.1. The molecular formula is C67H129NO5. The predicted molar refractivity (Wildman–Crippen MR) is 320 cm³/mol. The van der Waals surface area contributed by atoms with E-state index in [9.17, 15) is 19.8 Å². The summed E-state index contributed by atoms with van der Waals surface area (Å²) in [7, 11) is 0. The zero-order valence-electron chi connectivity index (χ0n) is 49.4. The fourth-order valence-corrected chi connectivity index (χ4v) is 10.4. The molecule has 0 aromatic carbocycles. The summed E-state index contributed by atoms with van der Waals surface area (Å²) >= 11 is 0. The van der Waals surface area contributed by atoms with Gasteiger partial charge in [-0.15, -0.1) is 0 Å². The molecule has 0 aliphatic carbocycles. The Morgan fingerprint density at radius 1 is 0.370 bits per heavy atom. The molecule has 3 N–H and O–H groups in total. The van der Waals surface area contributed by atoms with E-state index in [2.05, 4.69) is 43.5 Å². The second kappa shape index (κ2) is 62.9. The molecule has 6 heteroatoms. The lowest BCUT2D eigenvalue weighted by Crippen LogP contribution is -2.45. The van der Waals surface area contributed by atoms with E-state index in [0.717, 1.165) is 44.9 Å². The minimum atomic E-state index is -0.668. The molecule has 2 atom stereocenters. The normalized spacial score (nSPS) is 12.7. The highest BCUT2D eigenvalue weighted by molar-refractivity contribution is 5.76. The van der Waals surface area contributed by atoms with Gasteiger partial charge in [-0.2, -0.15) is 0 Å².